The quantitative estimate of drug-likeness (QED) is 0.651. The van der Waals surface area contributed by atoms with Crippen LogP contribution in [0.15, 0.2) is 18.5 Å². The van der Waals surface area contributed by atoms with Crippen molar-refractivity contribution < 1.29 is 0 Å². The van der Waals surface area contributed by atoms with Crippen LogP contribution in [0, 0.1) is 11.8 Å². The maximum Gasteiger partial charge on any atom is 0.0462 e. The first-order valence-electron chi connectivity index (χ1n) is 5.77. The van der Waals surface area contributed by atoms with Gasteiger partial charge in [0.25, 0.3) is 0 Å². The Labute approximate surface area is 93.5 Å². The van der Waals surface area contributed by atoms with Crippen molar-refractivity contribution >= 4 is 0 Å². The van der Waals surface area contributed by atoms with Crippen molar-refractivity contribution in [3.05, 3.63) is 24.0 Å². The molecule has 2 nitrogen and oxygen atoms in total. The molecule has 0 aliphatic carbocycles. The van der Waals surface area contributed by atoms with Gasteiger partial charge in [-0.2, -0.15) is 0 Å². The lowest BCUT2D eigenvalue weighted by Gasteiger charge is -2.01. The van der Waals surface area contributed by atoms with Crippen LogP contribution in [0.5, 0.6) is 0 Å². The summed E-state index contributed by atoms with van der Waals surface area (Å²) < 4.78 is 2.31. The minimum absolute atomic E-state index is 1.15. The second-order valence-corrected chi connectivity index (χ2v) is 3.67. The van der Waals surface area contributed by atoms with E-state index in [2.05, 4.69) is 43.4 Å². The molecule has 0 saturated heterocycles. The van der Waals surface area contributed by atoms with Gasteiger partial charge in [-0.15, -0.1) is 0 Å². The lowest BCUT2D eigenvalue weighted by molar-refractivity contribution is 0.583. The van der Waals surface area contributed by atoms with Crippen LogP contribution in [0.25, 0.3) is 0 Å². The van der Waals surface area contributed by atoms with E-state index in [4.69, 9.17) is 5.26 Å². The number of hydrogen-bond acceptors (Lipinski definition) is 1. The molecule has 0 bridgehead atoms. The summed E-state index contributed by atoms with van der Waals surface area (Å²) in [6.45, 7) is 9.15. The third-order valence-corrected chi connectivity index (χ3v) is 2.49. The first-order chi connectivity index (χ1) is 7.36. The summed E-state index contributed by atoms with van der Waals surface area (Å²) in [7, 11) is 0. The third kappa shape index (κ3) is 5.96. The zero-order valence-corrected chi connectivity index (χ0v) is 9.95. The van der Waals surface area contributed by atoms with Crippen molar-refractivity contribution in [2.24, 2.45) is 0 Å². The van der Waals surface area contributed by atoms with Crippen LogP contribution in [0.2, 0.25) is 0 Å². The molecule has 0 atom stereocenters. The van der Waals surface area contributed by atoms with E-state index in [9.17, 15) is 0 Å². The molecule has 1 rings (SSSR count). The highest BCUT2D eigenvalue weighted by Gasteiger charge is 1.93. The molecule has 0 saturated carbocycles. The molecule has 15 heavy (non-hydrogen) atoms. The van der Waals surface area contributed by atoms with Crippen molar-refractivity contribution in [3.8, 4) is 6.57 Å². The average molecular weight is 206 g/mol. The maximum absolute atomic E-state index is 6.50. The predicted octanol–water partition coefficient (Wildman–Crippen LogP) is 3.77. The van der Waals surface area contributed by atoms with Gasteiger partial charge in [-0.25, -0.2) is 5.26 Å². The second kappa shape index (κ2) is 9.33. The largest absolute Gasteiger partial charge is 0.354 e. The van der Waals surface area contributed by atoms with E-state index >= 15 is 0 Å². The van der Waals surface area contributed by atoms with Crippen LogP contribution < -0.4 is 0 Å². The molecule has 0 radical (unpaired) electrons. The predicted molar refractivity (Wildman–Crippen MR) is 64.6 cm³/mol. The molecule has 1 heterocycles. The van der Waals surface area contributed by atoms with Crippen molar-refractivity contribution in [1.29, 1.82) is 5.26 Å². The number of rotatable bonds is 6. The van der Waals surface area contributed by atoms with Crippen molar-refractivity contribution in [1.82, 2.24) is 4.57 Å². The number of nitriles is 1. The van der Waals surface area contributed by atoms with Gasteiger partial charge in [-0.1, -0.05) is 33.1 Å². The fourth-order valence-corrected chi connectivity index (χ4v) is 1.56. The monoisotopic (exact) mass is 206 g/mol. The van der Waals surface area contributed by atoms with E-state index in [0.29, 0.717) is 0 Å². The number of aryl methyl sites for hydroxylation is 2. The molecular weight excluding hydrogens is 184 g/mol. The molecule has 0 fully saturated rings. The van der Waals surface area contributed by atoms with Gasteiger partial charge in [0, 0.05) is 25.5 Å². The highest BCUT2D eigenvalue weighted by molar-refractivity contribution is 5.09. The van der Waals surface area contributed by atoms with Crippen LogP contribution in [0.3, 0.4) is 0 Å². The first-order valence-corrected chi connectivity index (χ1v) is 5.77. The second-order valence-electron chi connectivity index (χ2n) is 3.67. The van der Waals surface area contributed by atoms with Gasteiger partial charge in [0.1, 0.15) is 0 Å². The fraction of sp³-hybridized carbons (Fsp3) is 0.615. The van der Waals surface area contributed by atoms with Gasteiger partial charge in [0.15, 0.2) is 0 Å². The molecule has 0 aromatic carbocycles. The van der Waals surface area contributed by atoms with Crippen LogP contribution in [-0.4, -0.2) is 4.57 Å². The van der Waals surface area contributed by atoms with E-state index < -0.39 is 0 Å². The van der Waals surface area contributed by atoms with Gasteiger partial charge >= 0.3 is 0 Å². The summed E-state index contributed by atoms with van der Waals surface area (Å²) in [5.41, 5.74) is 1.45. The Hall–Kier alpha value is -1.23. The summed E-state index contributed by atoms with van der Waals surface area (Å²) in [4.78, 5) is 0. The molecule has 1 aromatic rings. The molecule has 0 N–H and O–H groups in total. The number of unbranched alkanes of at least 4 members (excludes halogenated alkanes) is 3. The minimum atomic E-state index is 1.15. The van der Waals surface area contributed by atoms with Crippen molar-refractivity contribution in [3.63, 3.8) is 0 Å². The van der Waals surface area contributed by atoms with Crippen LogP contribution >= 0.6 is 0 Å². The Bertz CT molecular complexity index is 260. The Morgan fingerprint density at radius 3 is 2.47 bits per heavy atom. The lowest BCUT2D eigenvalue weighted by Crippen LogP contribution is -1.93. The zero-order valence-electron chi connectivity index (χ0n) is 9.95. The SMILES string of the molecule is C#N.CCCCCCn1ccc(CC)c1. The maximum atomic E-state index is 6.50. The average Bonchev–Trinajstić information content (AvgIpc) is 2.75. The first kappa shape index (κ1) is 13.8. The van der Waals surface area contributed by atoms with Gasteiger partial charge < -0.3 is 4.57 Å². The topological polar surface area (TPSA) is 28.7 Å². The molecule has 2 heteroatoms. The fourth-order valence-electron chi connectivity index (χ4n) is 1.56. The zero-order chi connectivity index (χ0) is 11.5. The normalized spacial score (nSPS) is 9.33. The summed E-state index contributed by atoms with van der Waals surface area (Å²) in [6.07, 6.45) is 11.0. The van der Waals surface area contributed by atoms with E-state index in [1.165, 1.54) is 37.8 Å². The van der Waals surface area contributed by atoms with Gasteiger partial charge in [-0.3, -0.25) is 0 Å². The Morgan fingerprint density at radius 2 is 1.93 bits per heavy atom. The van der Waals surface area contributed by atoms with Gasteiger partial charge in [0.05, 0.1) is 0 Å². The Balaban J connectivity index is 0.000000921. The van der Waals surface area contributed by atoms with Crippen molar-refractivity contribution in [2.75, 3.05) is 0 Å². The molecule has 0 aliphatic rings. The van der Waals surface area contributed by atoms with Crippen LogP contribution in [-0.2, 0) is 13.0 Å². The van der Waals surface area contributed by atoms with E-state index in [1.54, 1.807) is 0 Å². The highest BCUT2D eigenvalue weighted by Crippen LogP contribution is 2.05. The summed E-state index contributed by atoms with van der Waals surface area (Å²) in [5.74, 6) is 0. The van der Waals surface area contributed by atoms with E-state index in [-0.39, 0.29) is 0 Å². The van der Waals surface area contributed by atoms with Crippen molar-refractivity contribution in [2.45, 2.75) is 52.5 Å². The molecule has 84 valence electrons. The van der Waals surface area contributed by atoms with Gasteiger partial charge in [-0.05, 0) is 24.5 Å². The van der Waals surface area contributed by atoms with Crippen LogP contribution in [0.1, 0.15) is 45.1 Å². The Morgan fingerprint density at radius 1 is 1.20 bits per heavy atom. The molecular formula is C13H22N2. The van der Waals surface area contributed by atoms with Crippen LogP contribution in [0.4, 0.5) is 0 Å². The minimum Gasteiger partial charge on any atom is -0.354 e. The lowest BCUT2D eigenvalue weighted by atomic mass is 10.2. The number of aromatic nitrogens is 1. The summed E-state index contributed by atoms with van der Waals surface area (Å²) in [5, 5.41) is 6.50. The standard InChI is InChI=1S/C12H21N.CHN/c1-3-5-6-7-9-13-10-8-12(4-2)11-13;1-2/h8,10-11H,3-7,9H2,1-2H3;1H. The smallest absolute Gasteiger partial charge is 0.0462 e. The molecule has 0 spiro atoms. The molecule has 1 aromatic heterocycles. The molecule has 0 amide bonds. The summed E-state index contributed by atoms with van der Waals surface area (Å²) >= 11 is 0. The Kier molecular flexibility index (Phi) is 8.56. The summed E-state index contributed by atoms with van der Waals surface area (Å²) in [6, 6.07) is 2.22. The van der Waals surface area contributed by atoms with E-state index in [0.717, 1.165) is 6.42 Å². The molecule has 0 unspecified atom stereocenters. The highest BCUT2D eigenvalue weighted by atomic mass is 14.9. The number of hydrogen-bond donors (Lipinski definition) is 0. The number of nitrogens with zero attached hydrogens (tertiary/aromatic N) is 2. The van der Waals surface area contributed by atoms with Gasteiger partial charge in [0.2, 0.25) is 0 Å². The third-order valence-electron chi connectivity index (χ3n) is 2.49. The van der Waals surface area contributed by atoms with E-state index in [1.807, 2.05) is 0 Å². The molecule has 0 aliphatic heterocycles.